The molecule has 1 amide bonds. The number of aromatic hydroxyl groups is 1. The summed E-state index contributed by atoms with van der Waals surface area (Å²) in [5, 5.41) is 22.9. The second-order valence-corrected chi connectivity index (χ2v) is 7.64. The fourth-order valence-corrected chi connectivity index (χ4v) is 3.60. The van der Waals surface area contributed by atoms with Crippen molar-refractivity contribution < 1.29 is 28.6 Å². The van der Waals surface area contributed by atoms with Gasteiger partial charge in [-0.25, -0.2) is 4.79 Å². The summed E-state index contributed by atoms with van der Waals surface area (Å²) in [4.78, 5) is 36.4. The number of methoxy groups -OCH3 is 1. The molecule has 4 aromatic rings. The van der Waals surface area contributed by atoms with Crippen LogP contribution in [0.25, 0.3) is 10.8 Å². The molecule has 1 aromatic heterocycles. The number of aldehydes is 1. The topological polar surface area (TPSA) is 131 Å². The summed E-state index contributed by atoms with van der Waals surface area (Å²) in [6.45, 7) is 0. The number of anilines is 1. The van der Waals surface area contributed by atoms with Gasteiger partial charge in [0.05, 0.1) is 12.7 Å². The fourth-order valence-electron chi connectivity index (χ4n) is 3.39. The van der Waals surface area contributed by atoms with E-state index < -0.39 is 17.6 Å². The molecule has 0 saturated carbocycles. The first-order valence-corrected chi connectivity index (χ1v) is 10.9. The van der Waals surface area contributed by atoms with E-state index in [-0.39, 0.29) is 28.3 Å². The number of carbonyl (C=O) groups is 3. The molecular weight excluding hydrogens is 470 g/mol. The lowest BCUT2D eigenvalue weighted by Gasteiger charge is -2.11. The Morgan fingerprint density at radius 2 is 1.80 bits per heavy atom. The van der Waals surface area contributed by atoms with Gasteiger partial charge in [0.15, 0.2) is 17.8 Å². The number of nitrogens with zero attached hydrogens (tertiary/aromatic N) is 2. The van der Waals surface area contributed by atoms with Crippen LogP contribution in [0, 0.1) is 0 Å². The maximum Gasteiger partial charge on any atom is 0.343 e. The molecule has 4 rings (SSSR count). The Balaban J connectivity index is 1.78. The first kappa shape index (κ1) is 23.7. The van der Waals surface area contributed by atoms with E-state index in [9.17, 15) is 19.5 Å². The van der Waals surface area contributed by atoms with Crippen molar-refractivity contribution in [3.8, 4) is 5.75 Å². The molecule has 0 aliphatic carbocycles. The van der Waals surface area contributed by atoms with Gasteiger partial charge in [0.1, 0.15) is 23.2 Å². The van der Waals surface area contributed by atoms with Gasteiger partial charge in [-0.15, -0.1) is 10.2 Å². The van der Waals surface area contributed by atoms with E-state index in [0.29, 0.717) is 28.5 Å². The Hall–Kier alpha value is -4.44. The van der Waals surface area contributed by atoms with E-state index in [1.54, 1.807) is 36.4 Å². The zero-order valence-electron chi connectivity index (χ0n) is 18.4. The van der Waals surface area contributed by atoms with Crippen LogP contribution in [0.15, 0.2) is 75.5 Å². The van der Waals surface area contributed by atoms with Gasteiger partial charge in [0, 0.05) is 16.8 Å². The largest absolute Gasteiger partial charge is 0.505 e. The molecule has 0 bridgehead atoms. The smallest absolute Gasteiger partial charge is 0.343 e. The van der Waals surface area contributed by atoms with Crippen LogP contribution in [0.4, 0.5) is 17.1 Å². The van der Waals surface area contributed by atoms with Gasteiger partial charge in [0.25, 0.3) is 5.91 Å². The van der Waals surface area contributed by atoms with Gasteiger partial charge in [-0.05, 0) is 29.1 Å². The summed E-state index contributed by atoms with van der Waals surface area (Å²) in [6, 6.07) is 15.6. The van der Waals surface area contributed by atoms with Crippen molar-refractivity contribution in [2.75, 3.05) is 12.4 Å². The number of fused-ring (bicyclic) bond motifs is 1. The minimum Gasteiger partial charge on any atom is -0.505 e. The van der Waals surface area contributed by atoms with Crippen LogP contribution in [-0.2, 0) is 10.5 Å². The van der Waals surface area contributed by atoms with Crippen molar-refractivity contribution >= 4 is 58.6 Å². The normalized spacial score (nSPS) is 11.0. The van der Waals surface area contributed by atoms with Crippen LogP contribution in [0.3, 0.4) is 0 Å². The van der Waals surface area contributed by atoms with Gasteiger partial charge < -0.3 is 19.6 Å². The summed E-state index contributed by atoms with van der Waals surface area (Å²) >= 11 is 4.22. The number of phenolic OH excluding ortho intramolecular Hbond substituents is 1. The van der Waals surface area contributed by atoms with E-state index in [1.807, 2.05) is 12.1 Å². The van der Waals surface area contributed by atoms with Crippen molar-refractivity contribution in [2.45, 2.75) is 5.75 Å². The summed E-state index contributed by atoms with van der Waals surface area (Å²) in [7, 11) is 1.17. The minimum absolute atomic E-state index is 0.0208. The average molecular weight is 490 g/mol. The van der Waals surface area contributed by atoms with Crippen molar-refractivity contribution in [3.05, 3.63) is 83.3 Å². The van der Waals surface area contributed by atoms with E-state index in [2.05, 4.69) is 32.9 Å². The van der Waals surface area contributed by atoms with Crippen LogP contribution in [0.5, 0.6) is 5.75 Å². The molecule has 0 fully saturated rings. The van der Waals surface area contributed by atoms with Crippen LogP contribution < -0.4 is 5.32 Å². The van der Waals surface area contributed by atoms with E-state index in [4.69, 9.17) is 4.42 Å². The first-order chi connectivity index (χ1) is 17.0. The zero-order chi connectivity index (χ0) is 24.9. The Morgan fingerprint density at radius 3 is 2.49 bits per heavy atom. The average Bonchev–Trinajstić information content (AvgIpc) is 3.30. The lowest BCUT2D eigenvalue weighted by molar-refractivity contribution is 0.0600. The van der Waals surface area contributed by atoms with Crippen LogP contribution >= 0.6 is 12.6 Å². The molecule has 0 atom stereocenters. The molecule has 10 heteroatoms. The molecule has 176 valence electrons. The predicted molar refractivity (Wildman–Crippen MR) is 132 cm³/mol. The maximum absolute atomic E-state index is 13.0. The van der Waals surface area contributed by atoms with Gasteiger partial charge in [-0.3, -0.25) is 9.59 Å². The standard InChI is InChI=1S/C25H19N3O6S/c1-33-25(32)19-12-34-20(11-29)21(19)27-28-22-17-5-3-2-4-15(17)10-18(23(22)30)24(31)26-16-8-6-14(13-35)7-9-16/h2-12,30,35H,13H2,1H3,(H,26,31)/b28-27+. The maximum atomic E-state index is 13.0. The molecule has 0 radical (unpaired) electrons. The number of rotatable bonds is 7. The molecule has 3 aromatic carbocycles. The lowest BCUT2D eigenvalue weighted by Crippen LogP contribution is -2.12. The van der Waals surface area contributed by atoms with Crippen molar-refractivity contribution in [2.24, 2.45) is 10.2 Å². The highest BCUT2D eigenvalue weighted by Gasteiger charge is 2.22. The number of hydrogen-bond donors (Lipinski definition) is 3. The number of carbonyl (C=O) groups excluding carboxylic acids is 3. The van der Waals surface area contributed by atoms with E-state index >= 15 is 0 Å². The van der Waals surface area contributed by atoms with Crippen LogP contribution in [-0.4, -0.2) is 30.4 Å². The number of phenols is 1. The lowest BCUT2D eigenvalue weighted by atomic mass is 10.0. The second-order valence-electron chi connectivity index (χ2n) is 7.32. The van der Waals surface area contributed by atoms with Crippen molar-refractivity contribution in [1.82, 2.24) is 0 Å². The molecule has 0 aliphatic heterocycles. The number of nitrogens with one attached hydrogen (secondary N) is 1. The number of furan rings is 1. The second kappa shape index (κ2) is 10.2. The number of thiol groups is 1. The molecule has 0 unspecified atom stereocenters. The third-order valence-corrected chi connectivity index (χ3v) is 5.55. The molecule has 1 heterocycles. The summed E-state index contributed by atoms with van der Waals surface area (Å²) < 4.78 is 9.74. The number of azo groups is 1. The summed E-state index contributed by atoms with van der Waals surface area (Å²) in [6.07, 6.45) is 1.41. The Labute approximate surface area is 204 Å². The molecule has 2 N–H and O–H groups in total. The number of amides is 1. The van der Waals surface area contributed by atoms with E-state index in [0.717, 1.165) is 11.8 Å². The molecule has 0 aliphatic rings. The first-order valence-electron chi connectivity index (χ1n) is 10.3. The van der Waals surface area contributed by atoms with Gasteiger partial charge >= 0.3 is 5.97 Å². The Morgan fingerprint density at radius 1 is 1.09 bits per heavy atom. The molecule has 35 heavy (non-hydrogen) atoms. The highest BCUT2D eigenvalue weighted by atomic mass is 32.1. The SMILES string of the molecule is COC(=O)c1coc(C=O)c1/N=N/c1c(O)c(C(=O)Nc2ccc(CS)cc2)cc2ccccc12. The molecular formula is C25H19N3O6S. The van der Waals surface area contributed by atoms with Crippen molar-refractivity contribution in [1.29, 1.82) is 0 Å². The zero-order valence-corrected chi connectivity index (χ0v) is 19.3. The quantitative estimate of drug-likeness (QED) is 0.129. The third-order valence-electron chi connectivity index (χ3n) is 5.19. The fraction of sp³-hybridized carbons (Fsp3) is 0.0800. The molecule has 9 nitrogen and oxygen atoms in total. The Bertz CT molecular complexity index is 1460. The monoisotopic (exact) mass is 489 g/mol. The van der Waals surface area contributed by atoms with Crippen LogP contribution in [0.2, 0.25) is 0 Å². The molecule has 0 spiro atoms. The minimum atomic E-state index is -0.776. The summed E-state index contributed by atoms with van der Waals surface area (Å²) in [5.41, 5.74) is 1.20. The number of hydrogen-bond acceptors (Lipinski definition) is 9. The Kier molecular flexibility index (Phi) is 6.93. The number of esters is 1. The molecule has 0 saturated heterocycles. The van der Waals surface area contributed by atoms with Crippen LogP contribution in [0.1, 0.15) is 36.8 Å². The third kappa shape index (κ3) is 4.78. The van der Waals surface area contributed by atoms with Gasteiger partial charge in [-0.1, -0.05) is 36.4 Å². The van der Waals surface area contributed by atoms with Crippen molar-refractivity contribution in [3.63, 3.8) is 0 Å². The predicted octanol–water partition coefficient (Wildman–Crippen LogP) is 5.84. The van der Waals surface area contributed by atoms with Gasteiger partial charge in [0.2, 0.25) is 0 Å². The summed E-state index contributed by atoms with van der Waals surface area (Å²) in [5.74, 6) is -1.43. The number of benzene rings is 3. The van der Waals surface area contributed by atoms with Gasteiger partial charge in [-0.2, -0.15) is 12.6 Å². The highest BCUT2D eigenvalue weighted by Crippen LogP contribution is 2.40. The highest BCUT2D eigenvalue weighted by molar-refractivity contribution is 7.79. The number of ether oxygens (including phenoxy) is 1. The van der Waals surface area contributed by atoms with E-state index in [1.165, 1.54) is 13.2 Å².